The van der Waals surface area contributed by atoms with Gasteiger partial charge in [0.1, 0.15) is 5.82 Å². The molecule has 176 valence electrons. The van der Waals surface area contributed by atoms with Gasteiger partial charge in [-0.2, -0.15) is 4.73 Å². The number of nitrogens with one attached hydrogen (secondary N) is 1. The molecule has 0 fully saturated rings. The number of hydrogen-bond donors (Lipinski definition) is 1. The van der Waals surface area contributed by atoms with Crippen molar-refractivity contribution in [1.29, 1.82) is 0 Å². The van der Waals surface area contributed by atoms with Gasteiger partial charge in [0, 0.05) is 36.9 Å². The van der Waals surface area contributed by atoms with Gasteiger partial charge in [-0.3, -0.25) is 0 Å². The van der Waals surface area contributed by atoms with Crippen molar-refractivity contribution in [3.8, 4) is 33.9 Å². The summed E-state index contributed by atoms with van der Waals surface area (Å²) in [6.07, 6.45) is 6.55. The lowest BCUT2D eigenvalue weighted by atomic mass is 9.98. The first-order valence-corrected chi connectivity index (χ1v) is 11.8. The van der Waals surface area contributed by atoms with E-state index in [1.54, 1.807) is 6.20 Å². The van der Waals surface area contributed by atoms with Crippen LogP contribution in [0.5, 0.6) is 0 Å². The molecule has 3 aromatic heterocycles. The van der Waals surface area contributed by atoms with Crippen molar-refractivity contribution in [2.45, 2.75) is 39.7 Å². The summed E-state index contributed by atoms with van der Waals surface area (Å²) in [5.41, 5.74) is 6.59. The third-order valence-electron chi connectivity index (χ3n) is 6.10. The summed E-state index contributed by atoms with van der Waals surface area (Å²) in [6, 6.07) is 20.3. The Hall–Kier alpha value is -4.33. The highest BCUT2D eigenvalue weighted by Gasteiger charge is 2.17. The lowest BCUT2D eigenvalue weighted by molar-refractivity contribution is -0.593. The lowest BCUT2D eigenvalue weighted by Crippen LogP contribution is -2.28. The molecular formula is C27H27N7O. The van der Waals surface area contributed by atoms with Gasteiger partial charge in [-0.25, -0.2) is 10.1 Å². The molecule has 8 nitrogen and oxygen atoms in total. The van der Waals surface area contributed by atoms with Crippen molar-refractivity contribution in [2.24, 2.45) is 0 Å². The average Bonchev–Trinajstić information content (AvgIpc) is 3.55. The fourth-order valence-corrected chi connectivity index (χ4v) is 4.23. The van der Waals surface area contributed by atoms with Gasteiger partial charge in [0.15, 0.2) is 17.7 Å². The zero-order chi connectivity index (χ0) is 24.2. The summed E-state index contributed by atoms with van der Waals surface area (Å²) < 4.78 is 3.05. The quantitative estimate of drug-likeness (QED) is 0.264. The number of hydrogen-bond acceptors (Lipinski definition) is 5. The number of tetrazole rings is 1. The zero-order valence-corrected chi connectivity index (χ0v) is 19.8. The van der Waals surface area contributed by atoms with Crippen LogP contribution in [0, 0.1) is 12.1 Å². The molecule has 8 heteroatoms. The second-order valence-electron chi connectivity index (χ2n) is 8.68. The molecule has 0 atom stereocenters. The number of benzene rings is 2. The first-order chi connectivity index (χ1) is 17.1. The Kier molecular flexibility index (Phi) is 6.34. The van der Waals surface area contributed by atoms with E-state index in [-0.39, 0.29) is 0 Å². The molecule has 0 bridgehead atoms. The van der Waals surface area contributed by atoms with Gasteiger partial charge in [-0.05, 0) is 46.0 Å². The van der Waals surface area contributed by atoms with E-state index in [1.807, 2.05) is 43.5 Å². The molecular weight excluding hydrogens is 438 g/mol. The number of aryl methyl sites for hydroxylation is 2. The standard InChI is InChI=1S/C27H27N7O/c1-3-4-9-26-28-24(25-16-19(2)14-15-34(25)35)18-33(26)17-20-10-12-21(13-11-20)22-7-5-6-8-23(22)27-29-31-32-30-27/h5-8,10-16,18H,3-4,9,17H2,1-2H3,(H,29,30,31,32). The highest BCUT2D eigenvalue weighted by atomic mass is 16.5. The smallest absolute Gasteiger partial charge is 0.244 e. The molecule has 0 saturated carbocycles. The molecule has 0 spiro atoms. The van der Waals surface area contributed by atoms with Gasteiger partial charge in [-0.15, -0.1) is 5.10 Å². The maximum Gasteiger partial charge on any atom is 0.244 e. The third kappa shape index (κ3) is 4.82. The van der Waals surface area contributed by atoms with E-state index in [1.165, 1.54) is 0 Å². The Morgan fingerprint density at radius 3 is 2.57 bits per heavy atom. The molecule has 5 rings (SSSR count). The molecule has 0 aliphatic carbocycles. The summed E-state index contributed by atoms with van der Waals surface area (Å²) in [6.45, 7) is 4.84. The number of pyridine rings is 1. The first kappa shape index (κ1) is 22.5. The summed E-state index contributed by atoms with van der Waals surface area (Å²) in [5, 5.41) is 26.7. The van der Waals surface area contributed by atoms with Crippen LogP contribution < -0.4 is 4.73 Å². The molecule has 0 saturated heterocycles. The predicted octanol–water partition coefficient (Wildman–Crippen LogP) is 4.73. The summed E-state index contributed by atoms with van der Waals surface area (Å²) >= 11 is 0. The van der Waals surface area contributed by atoms with E-state index >= 15 is 0 Å². The van der Waals surface area contributed by atoms with Crippen LogP contribution in [0.15, 0.2) is 73.1 Å². The molecule has 2 aromatic carbocycles. The van der Waals surface area contributed by atoms with Crippen LogP contribution in [-0.4, -0.2) is 30.2 Å². The van der Waals surface area contributed by atoms with Gasteiger partial charge in [0.25, 0.3) is 0 Å². The van der Waals surface area contributed by atoms with Crippen molar-refractivity contribution >= 4 is 0 Å². The Morgan fingerprint density at radius 1 is 1.03 bits per heavy atom. The minimum Gasteiger partial charge on any atom is -0.618 e. The zero-order valence-electron chi connectivity index (χ0n) is 19.8. The lowest BCUT2D eigenvalue weighted by Gasteiger charge is -2.10. The normalized spacial score (nSPS) is 11.1. The molecule has 35 heavy (non-hydrogen) atoms. The van der Waals surface area contributed by atoms with E-state index < -0.39 is 0 Å². The van der Waals surface area contributed by atoms with Crippen LogP contribution >= 0.6 is 0 Å². The van der Waals surface area contributed by atoms with Gasteiger partial charge in [-0.1, -0.05) is 61.9 Å². The van der Waals surface area contributed by atoms with E-state index in [0.29, 0.717) is 23.8 Å². The molecule has 5 aromatic rings. The average molecular weight is 466 g/mol. The minimum absolute atomic E-state index is 0.579. The van der Waals surface area contributed by atoms with E-state index in [9.17, 15) is 5.21 Å². The molecule has 0 radical (unpaired) electrons. The van der Waals surface area contributed by atoms with Crippen molar-refractivity contribution in [3.63, 3.8) is 0 Å². The maximum atomic E-state index is 12.4. The SMILES string of the molecule is CCCCc1nc(-c2cc(C)cc[n+]2[O-])cn1Cc1ccc(-c2ccccc2-c2nnn[nH]2)cc1. The van der Waals surface area contributed by atoms with Crippen LogP contribution in [0.2, 0.25) is 0 Å². The molecule has 1 N–H and O–H groups in total. The minimum atomic E-state index is 0.579. The third-order valence-corrected chi connectivity index (χ3v) is 6.10. The highest BCUT2D eigenvalue weighted by molar-refractivity contribution is 5.80. The Labute approximate surface area is 203 Å². The van der Waals surface area contributed by atoms with Crippen LogP contribution in [-0.2, 0) is 13.0 Å². The largest absolute Gasteiger partial charge is 0.618 e. The molecule has 0 unspecified atom stereocenters. The van der Waals surface area contributed by atoms with E-state index in [0.717, 1.165) is 57.6 Å². The predicted molar refractivity (Wildman–Crippen MR) is 134 cm³/mol. The van der Waals surface area contributed by atoms with E-state index in [2.05, 4.69) is 62.4 Å². The summed E-state index contributed by atoms with van der Waals surface area (Å²) in [7, 11) is 0. The first-order valence-electron chi connectivity index (χ1n) is 11.8. The molecule has 0 amide bonds. The van der Waals surface area contributed by atoms with Gasteiger partial charge >= 0.3 is 0 Å². The number of unbranched alkanes of at least 4 members (excludes halogenated alkanes) is 1. The summed E-state index contributed by atoms with van der Waals surface area (Å²) in [4.78, 5) is 4.84. The fraction of sp³-hybridized carbons (Fsp3) is 0.222. The Morgan fingerprint density at radius 2 is 1.83 bits per heavy atom. The number of aromatic amines is 1. The topological polar surface area (TPSA) is 99.2 Å². The highest BCUT2D eigenvalue weighted by Crippen LogP contribution is 2.30. The Balaban J connectivity index is 1.44. The second kappa shape index (κ2) is 9.89. The van der Waals surface area contributed by atoms with E-state index in [4.69, 9.17) is 4.98 Å². The van der Waals surface area contributed by atoms with Crippen molar-refractivity contribution in [3.05, 3.63) is 95.2 Å². The summed E-state index contributed by atoms with van der Waals surface area (Å²) in [5.74, 6) is 1.64. The van der Waals surface area contributed by atoms with Gasteiger partial charge < -0.3 is 9.77 Å². The van der Waals surface area contributed by atoms with Crippen LogP contribution in [0.1, 0.15) is 36.7 Å². The van der Waals surface area contributed by atoms with Crippen LogP contribution in [0.4, 0.5) is 0 Å². The number of rotatable bonds is 8. The van der Waals surface area contributed by atoms with Crippen LogP contribution in [0.3, 0.4) is 0 Å². The van der Waals surface area contributed by atoms with Crippen molar-refractivity contribution < 1.29 is 4.73 Å². The Bertz CT molecular complexity index is 1420. The number of imidazole rings is 1. The van der Waals surface area contributed by atoms with Crippen molar-refractivity contribution in [1.82, 2.24) is 30.2 Å². The molecule has 0 aliphatic rings. The van der Waals surface area contributed by atoms with Crippen molar-refractivity contribution in [2.75, 3.05) is 0 Å². The molecule has 0 aliphatic heterocycles. The number of H-pyrrole nitrogens is 1. The van der Waals surface area contributed by atoms with Gasteiger partial charge in [0.05, 0.1) is 0 Å². The number of aromatic nitrogens is 7. The second-order valence-corrected chi connectivity index (χ2v) is 8.68. The monoisotopic (exact) mass is 465 g/mol. The van der Waals surface area contributed by atoms with Gasteiger partial charge in [0.2, 0.25) is 5.69 Å². The fourth-order valence-electron chi connectivity index (χ4n) is 4.23. The number of nitrogens with zero attached hydrogens (tertiary/aromatic N) is 6. The maximum absolute atomic E-state index is 12.4. The van der Waals surface area contributed by atoms with Crippen LogP contribution in [0.25, 0.3) is 33.9 Å². The molecule has 3 heterocycles.